The second-order valence-electron chi connectivity index (χ2n) is 5.37. The Morgan fingerprint density at radius 2 is 2.00 bits per heavy atom. The molecule has 1 heterocycles. The molecule has 6 nitrogen and oxygen atoms in total. The van der Waals surface area contributed by atoms with Crippen LogP contribution in [0.25, 0.3) is 0 Å². The largest absolute Gasteiger partial charge is 0.480 e. The van der Waals surface area contributed by atoms with Gasteiger partial charge in [0, 0.05) is 6.04 Å². The first-order valence-corrected chi connectivity index (χ1v) is 6.85. The van der Waals surface area contributed by atoms with Crippen LogP contribution in [-0.4, -0.2) is 41.9 Å². The monoisotopic (exact) mass is 272 g/mol. The lowest BCUT2D eigenvalue weighted by Gasteiger charge is -2.29. The van der Waals surface area contributed by atoms with Crippen molar-refractivity contribution in [3.8, 4) is 0 Å². The van der Waals surface area contributed by atoms with E-state index in [2.05, 4.69) is 10.6 Å². The molecule has 19 heavy (non-hydrogen) atoms. The zero-order valence-electron chi connectivity index (χ0n) is 11.8. The number of carboxylic acids is 1. The molecule has 0 aromatic rings. The fraction of sp³-hybridized carbons (Fsp3) is 0.846. The number of carbonyl (C=O) groups excluding carboxylic acids is 1. The number of hydrogen-bond donors (Lipinski definition) is 3. The predicted octanol–water partition coefficient (Wildman–Crippen LogP) is 1.35. The lowest BCUT2D eigenvalue weighted by molar-refractivity contribution is -0.140. The molecule has 1 fully saturated rings. The van der Waals surface area contributed by atoms with Crippen molar-refractivity contribution >= 4 is 12.1 Å². The second kappa shape index (κ2) is 7.33. The summed E-state index contributed by atoms with van der Waals surface area (Å²) < 4.78 is 5.24. The number of alkyl carbamates (subject to hydrolysis) is 1. The van der Waals surface area contributed by atoms with Crippen LogP contribution in [0.3, 0.4) is 0 Å². The predicted molar refractivity (Wildman–Crippen MR) is 71.0 cm³/mol. The number of piperidine rings is 1. The van der Waals surface area contributed by atoms with Gasteiger partial charge in [-0.3, -0.25) is 0 Å². The van der Waals surface area contributed by atoms with Crippen LogP contribution in [0.2, 0.25) is 0 Å². The van der Waals surface area contributed by atoms with Crippen LogP contribution in [0.1, 0.15) is 40.0 Å². The Morgan fingerprint density at radius 3 is 2.47 bits per heavy atom. The minimum absolute atomic E-state index is 0.154. The van der Waals surface area contributed by atoms with Crippen LogP contribution in [0.15, 0.2) is 0 Å². The Labute approximate surface area is 113 Å². The number of carbonyl (C=O) groups is 2. The number of nitrogens with one attached hydrogen (secondary N) is 2. The van der Waals surface area contributed by atoms with Crippen LogP contribution in [0.5, 0.6) is 0 Å². The van der Waals surface area contributed by atoms with E-state index in [0.717, 1.165) is 25.8 Å². The van der Waals surface area contributed by atoms with Crippen LogP contribution >= 0.6 is 0 Å². The molecule has 0 bridgehead atoms. The molecule has 1 saturated heterocycles. The highest BCUT2D eigenvalue weighted by atomic mass is 16.6. The van der Waals surface area contributed by atoms with Crippen molar-refractivity contribution in [2.45, 2.75) is 58.2 Å². The first-order valence-electron chi connectivity index (χ1n) is 6.85. The van der Waals surface area contributed by atoms with Gasteiger partial charge in [0.05, 0.1) is 0 Å². The summed E-state index contributed by atoms with van der Waals surface area (Å²) in [5, 5.41) is 14.7. The van der Waals surface area contributed by atoms with Gasteiger partial charge in [0.1, 0.15) is 12.1 Å². The third-order valence-corrected chi connectivity index (χ3v) is 3.41. The maximum Gasteiger partial charge on any atom is 0.408 e. The topological polar surface area (TPSA) is 87.7 Å². The highest BCUT2D eigenvalue weighted by Gasteiger charge is 2.27. The Hall–Kier alpha value is -1.30. The fourth-order valence-electron chi connectivity index (χ4n) is 2.20. The molecule has 0 aromatic heterocycles. The maximum absolute atomic E-state index is 11.7. The van der Waals surface area contributed by atoms with E-state index in [1.807, 2.05) is 6.92 Å². The summed E-state index contributed by atoms with van der Waals surface area (Å²) in [5.41, 5.74) is 0. The Morgan fingerprint density at radius 1 is 1.32 bits per heavy atom. The molecule has 3 N–H and O–H groups in total. The van der Waals surface area contributed by atoms with Gasteiger partial charge in [-0.05, 0) is 32.2 Å². The van der Waals surface area contributed by atoms with Gasteiger partial charge in [0.2, 0.25) is 0 Å². The van der Waals surface area contributed by atoms with Crippen LogP contribution in [0.4, 0.5) is 4.79 Å². The Bertz CT molecular complexity index is 314. The molecule has 0 saturated carbocycles. The van der Waals surface area contributed by atoms with Gasteiger partial charge in [-0.15, -0.1) is 0 Å². The van der Waals surface area contributed by atoms with Crippen LogP contribution in [0, 0.1) is 5.92 Å². The van der Waals surface area contributed by atoms with Gasteiger partial charge in [0.25, 0.3) is 0 Å². The molecule has 0 aliphatic carbocycles. The van der Waals surface area contributed by atoms with Crippen molar-refractivity contribution in [1.29, 1.82) is 0 Å². The van der Waals surface area contributed by atoms with Crippen molar-refractivity contribution in [2.24, 2.45) is 5.92 Å². The van der Waals surface area contributed by atoms with E-state index >= 15 is 0 Å². The quantitative estimate of drug-likeness (QED) is 0.703. The maximum atomic E-state index is 11.7. The SMILES string of the molecule is CC(C)C(NC(=O)OC(C)C1CCCCN1)C(=O)O. The number of carboxylic acid groups (broad SMARTS) is 1. The Balaban J connectivity index is 2.42. The molecular weight excluding hydrogens is 248 g/mol. The molecule has 3 unspecified atom stereocenters. The van der Waals surface area contributed by atoms with E-state index in [9.17, 15) is 9.59 Å². The van der Waals surface area contributed by atoms with Crippen molar-refractivity contribution in [3.63, 3.8) is 0 Å². The lowest BCUT2D eigenvalue weighted by atomic mass is 10.0. The first kappa shape index (κ1) is 15.8. The molecule has 1 aliphatic rings. The lowest BCUT2D eigenvalue weighted by Crippen LogP contribution is -2.48. The summed E-state index contributed by atoms with van der Waals surface area (Å²) in [6.45, 7) is 6.24. The summed E-state index contributed by atoms with van der Waals surface area (Å²) >= 11 is 0. The minimum atomic E-state index is -1.05. The molecule has 6 heteroatoms. The van der Waals surface area contributed by atoms with Gasteiger partial charge in [-0.2, -0.15) is 0 Å². The number of ether oxygens (including phenoxy) is 1. The Kier molecular flexibility index (Phi) is 6.08. The third kappa shape index (κ3) is 5.06. The summed E-state index contributed by atoms with van der Waals surface area (Å²) in [7, 11) is 0. The zero-order valence-corrected chi connectivity index (χ0v) is 11.8. The van der Waals surface area contributed by atoms with Crippen molar-refractivity contribution in [1.82, 2.24) is 10.6 Å². The molecule has 3 atom stereocenters. The van der Waals surface area contributed by atoms with E-state index < -0.39 is 18.1 Å². The van der Waals surface area contributed by atoms with Gasteiger partial charge < -0.3 is 20.5 Å². The smallest absolute Gasteiger partial charge is 0.408 e. The number of rotatable bonds is 5. The third-order valence-electron chi connectivity index (χ3n) is 3.41. The first-order chi connectivity index (χ1) is 8.91. The standard InChI is InChI=1S/C13H24N2O4/c1-8(2)11(12(16)17)15-13(18)19-9(3)10-6-4-5-7-14-10/h8-11,14H,4-7H2,1-3H3,(H,15,18)(H,16,17). The summed E-state index contributed by atoms with van der Waals surface area (Å²) in [6.07, 6.45) is 2.31. The molecule has 110 valence electrons. The van der Waals surface area contributed by atoms with E-state index in [1.54, 1.807) is 13.8 Å². The summed E-state index contributed by atoms with van der Waals surface area (Å²) in [6, 6.07) is -0.763. The van der Waals surface area contributed by atoms with Crippen molar-refractivity contribution in [2.75, 3.05) is 6.54 Å². The second-order valence-corrected chi connectivity index (χ2v) is 5.37. The average molecular weight is 272 g/mol. The minimum Gasteiger partial charge on any atom is -0.480 e. The molecule has 0 spiro atoms. The van der Waals surface area contributed by atoms with Crippen molar-refractivity contribution in [3.05, 3.63) is 0 Å². The van der Waals surface area contributed by atoms with Crippen molar-refractivity contribution < 1.29 is 19.4 Å². The molecule has 1 rings (SSSR count). The van der Waals surface area contributed by atoms with Gasteiger partial charge in [0.15, 0.2) is 0 Å². The van der Waals surface area contributed by atoms with Gasteiger partial charge in [-0.1, -0.05) is 20.3 Å². The van der Waals surface area contributed by atoms with E-state index in [0.29, 0.717) is 0 Å². The van der Waals surface area contributed by atoms with E-state index in [-0.39, 0.29) is 18.1 Å². The summed E-state index contributed by atoms with van der Waals surface area (Å²) in [4.78, 5) is 22.7. The number of aliphatic carboxylic acids is 1. The molecule has 1 aliphatic heterocycles. The van der Waals surface area contributed by atoms with Crippen LogP contribution < -0.4 is 10.6 Å². The van der Waals surface area contributed by atoms with E-state index in [1.165, 1.54) is 0 Å². The molecular formula is C13H24N2O4. The summed E-state index contributed by atoms with van der Waals surface area (Å²) in [5.74, 6) is -1.23. The van der Waals surface area contributed by atoms with E-state index in [4.69, 9.17) is 9.84 Å². The molecule has 0 radical (unpaired) electrons. The number of hydrogen-bond acceptors (Lipinski definition) is 4. The number of amides is 1. The highest BCUT2D eigenvalue weighted by Crippen LogP contribution is 2.13. The molecule has 1 amide bonds. The van der Waals surface area contributed by atoms with Gasteiger partial charge in [-0.25, -0.2) is 9.59 Å². The normalized spacial score (nSPS) is 22.6. The molecule has 0 aromatic carbocycles. The average Bonchev–Trinajstić information content (AvgIpc) is 2.36. The van der Waals surface area contributed by atoms with Gasteiger partial charge >= 0.3 is 12.1 Å². The van der Waals surface area contributed by atoms with Crippen LogP contribution in [-0.2, 0) is 9.53 Å². The fourth-order valence-corrected chi connectivity index (χ4v) is 2.20. The zero-order chi connectivity index (χ0) is 14.4. The highest BCUT2D eigenvalue weighted by molar-refractivity contribution is 5.80.